The topological polar surface area (TPSA) is 120 Å². The van der Waals surface area contributed by atoms with Crippen molar-refractivity contribution < 1.29 is 9.59 Å². The minimum Gasteiger partial charge on any atom is -0.353 e. The Labute approximate surface area is 204 Å². The average Bonchev–Trinajstić information content (AvgIpc) is 3.61. The summed E-state index contributed by atoms with van der Waals surface area (Å²) in [6, 6.07) is 10.8. The van der Waals surface area contributed by atoms with Crippen molar-refractivity contribution in [1.82, 2.24) is 29.4 Å². The number of fused-ring (bicyclic) bond motifs is 3. The van der Waals surface area contributed by atoms with Crippen LogP contribution in [0.15, 0.2) is 51.4 Å². The number of amides is 2. The molecule has 1 saturated carbocycles. The number of aryl methyl sites for hydroxylation is 1. The molecule has 4 aromatic rings. The second kappa shape index (κ2) is 9.87. The molecule has 1 fully saturated rings. The number of thiophene rings is 1. The molecule has 3 heterocycles. The van der Waals surface area contributed by atoms with Crippen LogP contribution in [-0.4, -0.2) is 36.6 Å². The van der Waals surface area contributed by atoms with Crippen LogP contribution in [0.25, 0.3) is 16.7 Å². The Balaban J connectivity index is 1.44. The molecule has 0 spiro atoms. The second-order valence-corrected chi connectivity index (χ2v) is 9.74. The Morgan fingerprint density at radius 2 is 1.86 bits per heavy atom. The zero-order valence-electron chi connectivity index (χ0n) is 19.1. The summed E-state index contributed by atoms with van der Waals surface area (Å²) in [7, 11) is 0. The summed E-state index contributed by atoms with van der Waals surface area (Å²) in [6.07, 6.45) is 4.25. The maximum absolute atomic E-state index is 13.3. The molecule has 11 heteroatoms. The van der Waals surface area contributed by atoms with Crippen LogP contribution in [0.3, 0.4) is 0 Å². The fourth-order valence-electron chi connectivity index (χ4n) is 4.55. The van der Waals surface area contributed by atoms with E-state index in [9.17, 15) is 19.2 Å². The Hall–Kier alpha value is -3.73. The Kier molecular flexibility index (Phi) is 6.49. The van der Waals surface area contributed by atoms with Crippen molar-refractivity contribution in [2.45, 2.75) is 57.8 Å². The lowest BCUT2D eigenvalue weighted by atomic mass is 10.2. The van der Waals surface area contributed by atoms with Crippen molar-refractivity contribution in [3.8, 4) is 0 Å². The van der Waals surface area contributed by atoms with E-state index >= 15 is 0 Å². The van der Waals surface area contributed by atoms with Crippen LogP contribution in [0, 0.1) is 0 Å². The zero-order chi connectivity index (χ0) is 24.4. The highest BCUT2D eigenvalue weighted by Crippen LogP contribution is 2.18. The summed E-state index contributed by atoms with van der Waals surface area (Å²) in [5.41, 5.74) is -0.443. The molecule has 182 valence electrons. The fourth-order valence-corrected chi connectivity index (χ4v) is 5.19. The van der Waals surface area contributed by atoms with E-state index in [0.717, 1.165) is 35.2 Å². The highest BCUT2D eigenvalue weighted by Gasteiger charge is 2.20. The van der Waals surface area contributed by atoms with Crippen LogP contribution < -0.4 is 21.9 Å². The van der Waals surface area contributed by atoms with Gasteiger partial charge in [0.25, 0.3) is 5.56 Å². The molecule has 1 aliphatic carbocycles. The van der Waals surface area contributed by atoms with Gasteiger partial charge in [0.2, 0.25) is 17.6 Å². The van der Waals surface area contributed by atoms with Gasteiger partial charge in [0.15, 0.2) is 0 Å². The van der Waals surface area contributed by atoms with Crippen LogP contribution in [0.4, 0.5) is 0 Å². The third-order valence-electron chi connectivity index (χ3n) is 6.30. The largest absolute Gasteiger partial charge is 0.353 e. The molecule has 0 saturated heterocycles. The van der Waals surface area contributed by atoms with E-state index in [1.54, 1.807) is 24.3 Å². The van der Waals surface area contributed by atoms with Crippen LogP contribution in [-0.2, 0) is 29.2 Å². The number of nitrogens with zero attached hydrogens (tertiary/aromatic N) is 4. The van der Waals surface area contributed by atoms with Gasteiger partial charge < -0.3 is 10.6 Å². The maximum atomic E-state index is 13.3. The number of aromatic nitrogens is 4. The van der Waals surface area contributed by atoms with E-state index in [1.807, 2.05) is 17.5 Å². The Morgan fingerprint density at radius 3 is 2.63 bits per heavy atom. The monoisotopic (exact) mass is 494 g/mol. The summed E-state index contributed by atoms with van der Waals surface area (Å²) >= 11 is 1.53. The van der Waals surface area contributed by atoms with Gasteiger partial charge in [-0.2, -0.15) is 0 Å². The second-order valence-electron chi connectivity index (χ2n) is 8.70. The Morgan fingerprint density at radius 1 is 1.06 bits per heavy atom. The molecule has 0 radical (unpaired) electrons. The molecule has 10 nitrogen and oxygen atoms in total. The van der Waals surface area contributed by atoms with E-state index in [4.69, 9.17) is 0 Å². The highest BCUT2D eigenvalue weighted by molar-refractivity contribution is 7.09. The average molecular weight is 495 g/mol. The maximum Gasteiger partial charge on any atom is 0.352 e. The normalized spacial score (nSPS) is 14.1. The Bertz CT molecular complexity index is 1490. The molecule has 0 unspecified atom stereocenters. The van der Waals surface area contributed by atoms with Crippen molar-refractivity contribution in [3.05, 3.63) is 67.5 Å². The van der Waals surface area contributed by atoms with Gasteiger partial charge in [-0.25, -0.2) is 13.9 Å². The lowest BCUT2D eigenvalue weighted by Crippen LogP contribution is -2.34. The predicted molar refractivity (Wildman–Crippen MR) is 132 cm³/mol. The first-order valence-electron chi connectivity index (χ1n) is 11.7. The van der Waals surface area contributed by atoms with Crippen LogP contribution in [0.2, 0.25) is 0 Å². The molecule has 1 aliphatic rings. The molecule has 35 heavy (non-hydrogen) atoms. The van der Waals surface area contributed by atoms with Gasteiger partial charge in [0.1, 0.15) is 6.54 Å². The molecule has 2 N–H and O–H groups in total. The predicted octanol–water partition coefficient (Wildman–Crippen LogP) is 1.64. The first-order chi connectivity index (χ1) is 17.0. The van der Waals surface area contributed by atoms with Crippen molar-refractivity contribution >= 4 is 39.8 Å². The van der Waals surface area contributed by atoms with Gasteiger partial charge in [0, 0.05) is 23.9 Å². The first kappa shape index (κ1) is 23.0. The minimum atomic E-state index is -0.522. The highest BCUT2D eigenvalue weighted by atomic mass is 32.1. The molecule has 0 aliphatic heterocycles. The third-order valence-corrected chi connectivity index (χ3v) is 7.18. The minimum absolute atomic E-state index is 0.0761. The summed E-state index contributed by atoms with van der Waals surface area (Å²) in [4.78, 5) is 52.5. The lowest BCUT2D eigenvalue weighted by molar-refractivity contribution is -0.122. The smallest absolute Gasteiger partial charge is 0.352 e. The molecule has 1 aromatic carbocycles. The van der Waals surface area contributed by atoms with Crippen molar-refractivity contribution in [2.24, 2.45) is 0 Å². The summed E-state index contributed by atoms with van der Waals surface area (Å²) in [5, 5.41) is 12.4. The van der Waals surface area contributed by atoms with Gasteiger partial charge in [-0.05, 0) is 36.4 Å². The molecular weight excluding hydrogens is 468 g/mol. The van der Waals surface area contributed by atoms with Gasteiger partial charge in [-0.1, -0.05) is 31.0 Å². The van der Waals surface area contributed by atoms with Gasteiger partial charge in [-0.3, -0.25) is 19.0 Å². The van der Waals surface area contributed by atoms with Crippen molar-refractivity contribution in [3.63, 3.8) is 0 Å². The SMILES string of the molecule is O=C(Cn1nc2n(CCC(=O)NC3CCCC3)c(=O)c3ccccc3n2c1=O)NCc1cccs1. The number of benzene rings is 1. The van der Waals surface area contributed by atoms with E-state index in [1.165, 1.54) is 20.3 Å². The number of carbonyl (C=O) groups excluding carboxylic acids is 2. The van der Waals surface area contributed by atoms with Crippen LogP contribution in [0.5, 0.6) is 0 Å². The van der Waals surface area contributed by atoms with E-state index < -0.39 is 5.69 Å². The molecule has 0 bridgehead atoms. The standard InChI is InChI=1S/C24H26N6O4S/c31-20(26-16-6-1-2-7-16)11-12-28-22(33)18-9-3-4-10-19(18)30-23(28)27-29(24(30)34)15-21(32)25-14-17-8-5-13-35-17/h3-5,8-10,13,16H,1-2,6-7,11-12,14-15H2,(H,25,32)(H,26,31). The van der Waals surface area contributed by atoms with E-state index in [-0.39, 0.29) is 48.7 Å². The number of hydrogen-bond donors (Lipinski definition) is 2. The third kappa shape index (κ3) is 4.76. The number of hydrogen-bond acceptors (Lipinski definition) is 6. The van der Waals surface area contributed by atoms with Crippen molar-refractivity contribution in [1.29, 1.82) is 0 Å². The number of carbonyl (C=O) groups is 2. The molecule has 0 atom stereocenters. The van der Waals surface area contributed by atoms with Crippen LogP contribution in [0.1, 0.15) is 37.0 Å². The lowest BCUT2D eigenvalue weighted by Gasteiger charge is -2.13. The zero-order valence-corrected chi connectivity index (χ0v) is 19.9. The molecule has 2 amide bonds. The van der Waals surface area contributed by atoms with Gasteiger partial charge in [-0.15, -0.1) is 16.4 Å². The van der Waals surface area contributed by atoms with Gasteiger partial charge >= 0.3 is 5.69 Å². The summed E-state index contributed by atoms with van der Waals surface area (Å²) in [6.45, 7) is 0.158. The number of nitrogens with one attached hydrogen (secondary N) is 2. The quantitative estimate of drug-likeness (QED) is 0.386. The van der Waals surface area contributed by atoms with Crippen LogP contribution >= 0.6 is 11.3 Å². The molecule has 5 rings (SSSR count). The van der Waals surface area contributed by atoms with Gasteiger partial charge in [0.05, 0.1) is 17.4 Å². The molecular formula is C24H26N6O4S. The van der Waals surface area contributed by atoms with E-state index in [2.05, 4.69) is 15.7 Å². The molecule has 3 aromatic heterocycles. The number of rotatable bonds is 8. The van der Waals surface area contributed by atoms with Crippen molar-refractivity contribution in [2.75, 3.05) is 0 Å². The first-order valence-corrected chi connectivity index (χ1v) is 12.6. The summed E-state index contributed by atoms with van der Waals surface area (Å²) < 4.78 is 3.73. The summed E-state index contributed by atoms with van der Waals surface area (Å²) in [5.74, 6) is -0.388. The number of para-hydroxylation sites is 1. The van der Waals surface area contributed by atoms with E-state index in [0.29, 0.717) is 17.4 Å². The fraction of sp³-hybridized carbons (Fsp3) is 0.375.